The smallest absolute Gasteiger partial charge is 0.305 e. The number of carbonyl (C=O) groups excluding carboxylic acids is 1. The number of unbranched alkanes of at least 4 members (excludes halogenated alkanes) is 27. The molecule has 0 aromatic rings. The van der Waals surface area contributed by atoms with E-state index in [0.29, 0.717) is 13.0 Å². The van der Waals surface area contributed by atoms with Gasteiger partial charge in [-0.15, -0.1) is 0 Å². The van der Waals surface area contributed by atoms with Crippen molar-refractivity contribution < 1.29 is 9.53 Å². The quantitative estimate of drug-likeness (QED) is 0.0404. The molecule has 256 valence electrons. The van der Waals surface area contributed by atoms with Crippen molar-refractivity contribution in [3.63, 3.8) is 0 Å². The molecular formula is C41H80O2. The molecule has 0 aliphatic heterocycles. The lowest BCUT2D eigenvalue weighted by molar-refractivity contribution is -0.143. The molecule has 0 N–H and O–H groups in total. The summed E-state index contributed by atoms with van der Waals surface area (Å²) in [5, 5.41) is 0. The van der Waals surface area contributed by atoms with Crippen LogP contribution >= 0.6 is 0 Å². The summed E-state index contributed by atoms with van der Waals surface area (Å²) in [5.74, 6) is 0.943. The fourth-order valence-corrected chi connectivity index (χ4v) is 6.05. The van der Waals surface area contributed by atoms with E-state index in [9.17, 15) is 4.79 Å². The zero-order chi connectivity index (χ0) is 31.3. The van der Waals surface area contributed by atoms with Crippen LogP contribution in [0.25, 0.3) is 0 Å². The number of hydrogen-bond donors (Lipinski definition) is 0. The van der Waals surface area contributed by atoms with Crippen LogP contribution in [0.2, 0.25) is 0 Å². The van der Waals surface area contributed by atoms with Gasteiger partial charge < -0.3 is 4.74 Å². The molecule has 43 heavy (non-hydrogen) atoms. The van der Waals surface area contributed by atoms with Crippen molar-refractivity contribution in [1.29, 1.82) is 0 Å². The van der Waals surface area contributed by atoms with E-state index in [1.807, 2.05) is 0 Å². The van der Waals surface area contributed by atoms with Gasteiger partial charge in [0, 0.05) is 6.42 Å². The second-order valence-electron chi connectivity index (χ2n) is 13.9. The summed E-state index contributed by atoms with van der Waals surface area (Å²) in [5.41, 5.74) is 0. The highest BCUT2D eigenvalue weighted by molar-refractivity contribution is 5.69. The molecule has 0 radical (unpaired) electrons. The van der Waals surface area contributed by atoms with Gasteiger partial charge in [0.1, 0.15) is 0 Å². The molecule has 0 fully saturated rings. The van der Waals surface area contributed by atoms with Crippen molar-refractivity contribution in [2.45, 2.75) is 233 Å². The van der Waals surface area contributed by atoms with Crippen LogP contribution in [-0.4, -0.2) is 12.6 Å². The molecular weight excluding hydrogens is 524 g/mol. The van der Waals surface area contributed by atoms with Gasteiger partial charge in [-0.1, -0.05) is 200 Å². The molecule has 0 heterocycles. The van der Waals surface area contributed by atoms with Gasteiger partial charge in [0.2, 0.25) is 0 Å². The lowest BCUT2D eigenvalue weighted by Gasteiger charge is -2.07. The first-order valence-electron chi connectivity index (χ1n) is 20.0. The average molecular weight is 605 g/mol. The molecule has 2 heteroatoms. The normalized spacial score (nSPS) is 12.3. The molecule has 0 aliphatic rings. The van der Waals surface area contributed by atoms with Crippen LogP contribution in [0.4, 0.5) is 0 Å². The summed E-state index contributed by atoms with van der Waals surface area (Å²) >= 11 is 0. The number of carbonyl (C=O) groups is 1. The van der Waals surface area contributed by atoms with Crippen LogP contribution in [0, 0.1) is 5.92 Å². The summed E-state index contributed by atoms with van der Waals surface area (Å²) < 4.78 is 5.46. The van der Waals surface area contributed by atoms with Crippen molar-refractivity contribution in [2.75, 3.05) is 6.61 Å². The lowest BCUT2D eigenvalue weighted by atomic mass is 9.99. The van der Waals surface area contributed by atoms with Gasteiger partial charge in [0.15, 0.2) is 0 Å². The Morgan fingerprint density at radius 1 is 0.488 bits per heavy atom. The van der Waals surface area contributed by atoms with Crippen molar-refractivity contribution in [3.05, 3.63) is 12.2 Å². The molecule has 0 saturated heterocycles. The first-order chi connectivity index (χ1) is 21.2. The van der Waals surface area contributed by atoms with Crippen LogP contribution in [0.1, 0.15) is 233 Å². The molecule has 0 rings (SSSR count). The third kappa shape index (κ3) is 37.3. The minimum atomic E-state index is 0.0254. The minimum Gasteiger partial charge on any atom is -0.466 e. The van der Waals surface area contributed by atoms with Crippen LogP contribution in [0.5, 0.6) is 0 Å². The highest BCUT2D eigenvalue weighted by Crippen LogP contribution is 2.16. The Labute approximate surface area is 272 Å². The van der Waals surface area contributed by atoms with Crippen molar-refractivity contribution >= 4 is 5.97 Å². The average Bonchev–Trinajstić information content (AvgIpc) is 3.01. The maximum absolute atomic E-state index is 12.0. The largest absolute Gasteiger partial charge is 0.466 e. The molecule has 2 nitrogen and oxygen atoms in total. The third-order valence-electron chi connectivity index (χ3n) is 9.44. The molecule has 1 unspecified atom stereocenters. The van der Waals surface area contributed by atoms with E-state index in [0.717, 1.165) is 18.8 Å². The second kappa shape index (κ2) is 37.4. The van der Waals surface area contributed by atoms with E-state index < -0.39 is 0 Å². The summed E-state index contributed by atoms with van der Waals surface area (Å²) in [6, 6.07) is 0. The summed E-state index contributed by atoms with van der Waals surface area (Å²) in [6.45, 7) is 7.61. The Morgan fingerprint density at radius 2 is 0.860 bits per heavy atom. The molecule has 1 atom stereocenters. The molecule has 0 aliphatic carbocycles. The van der Waals surface area contributed by atoms with E-state index >= 15 is 0 Å². The minimum absolute atomic E-state index is 0.0254. The standard InChI is InChI=1S/C41H80O2/c1-4-6-7-8-9-10-11-12-13-14-15-16-17-18-19-20-23-26-29-32-35-38-41(42)43-39-36-33-30-27-24-21-22-25-28-31-34-37-40(3)5-2/h12-13,40H,4-11,14-39H2,1-3H3. The predicted molar refractivity (Wildman–Crippen MR) is 193 cm³/mol. The number of ether oxygens (including phenoxy) is 1. The Kier molecular flexibility index (Phi) is 36.7. The Morgan fingerprint density at radius 3 is 1.30 bits per heavy atom. The van der Waals surface area contributed by atoms with E-state index in [4.69, 9.17) is 4.74 Å². The number of esters is 1. The second-order valence-corrected chi connectivity index (χ2v) is 13.9. The van der Waals surface area contributed by atoms with Gasteiger partial charge >= 0.3 is 5.97 Å². The fourth-order valence-electron chi connectivity index (χ4n) is 6.05. The fraction of sp³-hybridized carbons (Fsp3) is 0.927. The number of hydrogen-bond acceptors (Lipinski definition) is 2. The van der Waals surface area contributed by atoms with Gasteiger partial charge in [0.25, 0.3) is 0 Å². The van der Waals surface area contributed by atoms with Crippen LogP contribution in [0.3, 0.4) is 0 Å². The summed E-state index contributed by atoms with van der Waals surface area (Å²) in [7, 11) is 0. The molecule has 0 spiro atoms. The van der Waals surface area contributed by atoms with Gasteiger partial charge in [-0.2, -0.15) is 0 Å². The summed E-state index contributed by atoms with van der Waals surface area (Å²) in [4.78, 5) is 12.0. The molecule has 0 aromatic heterocycles. The lowest BCUT2D eigenvalue weighted by Crippen LogP contribution is -2.05. The van der Waals surface area contributed by atoms with Gasteiger partial charge in [-0.05, 0) is 44.4 Å². The molecule has 0 amide bonds. The zero-order valence-corrected chi connectivity index (χ0v) is 30.1. The maximum Gasteiger partial charge on any atom is 0.305 e. The predicted octanol–water partition coefficient (Wildman–Crippen LogP) is 14.6. The van der Waals surface area contributed by atoms with E-state index in [2.05, 4.69) is 32.9 Å². The number of rotatable bonds is 36. The van der Waals surface area contributed by atoms with Crippen LogP contribution in [0.15, 0.2) is 12.2 Å². The number of allylic oxidation sites excluding steroid dienone is 2. The van der Waals surface area contributed by atoms with Crippen LogP contribution < -0.4 is 0 Å². The Balaban J connectivity index is 3.19. The molecule has 0 aromatic carbocycles. The Bertz CT molecular complexity index is 554. The zero-order valence-electron chi connectivity index (χ0n) is 30.1. The van der Waals surface area contributed by atoms with Crippen molar-refractivity contribution in [2.24, 2.45) is 5.92 Å². The summed E-state index contributed by atoms with van der Waals surface area (Å²) in [6.07, 6.45) is 48.5. The van der Waals surface area contributed by atoms with E-state index in [-0.39, 0.29) is 5.97 Å². The highest BCUT2D eigenvalue weighted by Gasteiger charge is 2.03. The first kappa shape index (κ1) is 42.2. The SMILES string of the molecule is CCCCCCCCC=CCCCCCCCCCCCCCC(=O)OCCCCCCCCCCCCCC(C)CC. The van der Waals surface area contributed by atoms with Gasteiger partial charge in [0.05, 0.1) is 6.61 Å². The van der Waals surface area contributed by atoms with Gasteiger partial charge in [-0.25, -0.2) is 0 Å². The maximum atomic E-state index is 12.0. The Hall–Kier alpha value is -0.790. The molecule has 0 bridgehead atoms. The highest BCUT2D eigenvalue weighted by atomic mass is 16.5. The van der Waals surface area contributed by atoms with E-state index in [1.165, 1.54) is 193 Å². The van der Waals surface area contributed by atoms with Crippen molar-refractivity contribution in [1.82, 2.24) is 0 Å². The van der Waals surface area contributed by atoms with E-state index in [1.54, 1.807) is 0 Å². The first-order valence-corrected chi connectivity index (χ1v) is 20.0. The van der Waals surface area contributed by atoms with Crippen LogP contribution in [-0.2, 0) is 9.53 Å². The monoisotopic (exact) mass is 605 g/mol. The van der Waals surface area contributed by atoms with Crippen molar-refractivity contribution in [3.8, 4) is 0 Å². The van der Waals surface area contributed by atoms with Gasteiger partial charge in [-0.3, -0.25) is 4.79 Å². The third-order valence-corrected chi connectivity index (χ3v) is 9.44. The molecule has 0 saturated carbocycles. The topological polar surface area (TPSA) is 26.3 Å².